The van der Waals surface area contributed by atoms with Crippen molar-refractivity contribution in [3.8, 4) is 0 Å². The van der Waals surface area contributed by atoms with E-state index in [-0.39, 0.29) is 10.1 Å². The van der Waals surface area contributed by atoms with Crippen LogP contribution in [0, 0.1) is 0 Å². The fourth-order valence-electron chi connectivity index (χ4n) is 1.23. The van der Waals surface area contributed by atoms with Crippen molar-refractivity contribution < 1.29 is 8.42 Å². The molecule has 0 saturated carbocycles. The second-order valence-electron chi connectivity index (χ2n) is 4.50. The Morgan fingerprint density at radius 1 is 1.13 bits per heavy atom. The highest BCUT2D eigenvalue weighted by Crippen LogP contribution is 2.23. The Balaban J connectivity index is 3.12. The number of hydrogen-bond acceptors (Lipinski definition) is 2. The first kappa shape index (κ1) is 12.7. The molecule has 0 fully saturated rings. The van der Waals surface area contributed by atoms with Crippen LogP contribution in [-0.2, 0) is 15.3 Å². The molecule has 0 atom stereocenters. The summed E-state index contributed by atoms with van der Waals surface area (Å²) < 4.78 is 23.0. The third-order valence-electron chi connectivity index (χ3n) is 2.22. The lowest BCUT2D eigenvalue weighted by atomic mass is 9.87. The average Bonchev–Trinajstić information content (AvgIpc) is 2.17. The molecular formula is C11H15BrO2S. The molecule has 1 aromatic carbocycles. The minimum Gasteiger partial charge on any atom is -0.223 e. The Morgan fingerprint density at radius 2 is 1.60 bits per heavy atom. The van der Waals surface area contributed by atoms with Crippen LogP contribution in [0.4, 0.5) is 0 Å². The zero-order valence-corrected chi connectivity index (χ0v) is 11.5. The first-order valence-electron chi connectivity index (χ1n) is 4.66. The van der Waals surface area contributed by atoms with Gasteiger partial charge >= 0.3 is 0 Å². The quantitative estimate of drug-likeness (QED) is 0.785. The summed E-state index contributed by atoms with van der Waals surface area (Å²) in [6, 6.07) is 7.07. The van der Waals surface area contributed by atoms with Crippen LogP contribution in [0.5, 0.6) is 0 Å². The highest BCUT2D eigenvalue weighted by molar-refractivity contribution is 9.10. The highest BCUT2D eigenvalue weighted by atomic mass is 79.9. The molecule has 0 unspecified atom stereocenters. The van der Waals surface area contributed by atoms with Gasteiger partial charge in [-0.3, -0.25) is 0 Å². The topological polar surface area (TPSA) is 34.1 Å². The number of rotatable bonds is 2. The molecule has 0 heterocycles. The molecule has 0 aromatic heterocycles. The monoisotopic (exact) mass is 290 g/mol. The van der Waals surface area contributed by atoms with Crippen molar-refractivity contribution in [3.05, 3.63) is 29.8 Å². The summed E-state index contributed by atoms with van der Waals surface area (Å²) in [6.45, 7) is 6.29. The number of hydrogen-bond donors (Lipinski definition) is 0. The Morgan fingerprint density at radius 3 is 1.93 bits per heavy atom. The molecule has 0 radical (unpaired) electrons. The summed E-state index contributed by atoms with van der Waals surface area (Å²) in [5.74, 6) is 0. The Labute approximate surface area is 99.7 Å². The summed E-state index contributed by atoms with van der Waals surface area (Å²) in [5.41, 5.74) is 1.19. The summed E-state index contributed by atoms with van der Waals surface area (Å²) in [6.07, 6.45) is 0. The lowest BCUT2D eigenvalue weighted by Gasteiger charge is -2.18. The van der Waals surface area contributed by atoms with Gasteiger partial charge in [0.15, 0.2) is 9.84 Å². The van der Waals surface area contributed by atoms with E-state index in [1.54, 1.807) is 12.1 Å². The van der Waals surface area contributed by atoms with Crippen LogP contribution in [0.2, 0.25) is 0 Å². The van der Waals surface area contributed by atoms with Crippen molar-refractivity contribution in [2.24, 2.45) is 0 Å². The molecule has 0 bridgehead atoms. The normalized spacial score (nSPS) is 12.8. The van der Waals surface area contributed by atoms with E-state index in [0.29, 0.717) is 4.90 Å². The predicted molar refractivity (Wildman–Crippen MR) is 66.1 cm³/mol. The average molecular weight is 291 g/mol. The SMILES string of the molecule is CC(C)(C)c1ccc(S(=O)(=O)CBr)cc1. The van der Waals surface area contributed by atoms with Gasteiger partial charge in [0.05, 0.1) is 4.90 Å². The molecule has 15 heavy (non-hydrogen) atoms. The third kappa shape index (κ3) is 3.05. The van der Waals surface area contributed by atoms with Gasteiger partial charge in [-0.15, -0.1) is 0 Å². The maximum Gasteiger partial charge on any atom is 0.188 e. The van der Waals surface area contributed by atoms with E-state index < -0.39 is 9.84 Å². The van der Waals surface area contributed by atoms with E-state index in [0.717, 1.165) is 5.56 Å². The van der Waals surface area contributed by atoms with Crippen LogP contribution in [-0.4, -0.2) is 13.1 Å². The predicted octanol–water partition coefficient (Wildman–Crippen LogP) is 3.11. The number of sulfone groups is 1. The Bertz CT molecular complexity index is 427. The second-order valence-corrected chi connectivity index (χ2v) is 7.79. The zero-order chi connectivity index (χ0) is 11.7. The van der Waals surface area contributed by atoms with Gasteiger partial charge in [-0.1, -0.05) is 48.8 Å². The minimum atomic E-state index is -3.14. The summed E-state index contributed by atoms with van der Waals surface area (Å²) >= 11 is 2.98. The van der Waals surface area contributed by atoms with E-state index in [2.05, 4.69) is 36.7 Å². The molecule has 0 amide bonds. The molecule has 0 aliphatic carbocycles. The van der Waals surface area contributed by atoms with E-state index in [1.165, 1.54) is 0 Å². The fraction of sp³-hybridized carbons (Fsp3) is 0.455. The molecule has 0 aliphatic rings. The summed E-state index contributed by atoms with van der Waals surface area (Å²) in [4.78, 5) is 0.368. The first-order valence-corrected chi connectivity index (χ1v) is 7.44. The fourth-order valence-corrected chi connectivity index (χ4v) is 2.70. The smallest absolute Gasteiger partial charge is 0.188 e. The van der Waals surface area contributed by atoms with Gasteiger partial charge in [-0.25, -0.2) is 8.42 Å². The standard InChI is InChI=1S/C11H15BrO2S/c1-11(2,3)9-4-6-10(7-5-9)15(13,14)8-12/h4-7H,8H2,1-3H3. The third-order valence-corrected chi connectivity index (χ3v) is 5.31. The Hall–Kier alpha value is -0.350. The van der Waals surface area contributed by atoms with Crippen LogP contribution in [0.15, 0.2) is 29.2 Å². The van der Waals surface area contributed by atoms with E-state index in [4.69, 9.17) is 0 Å². The van der Waals surface area contributed by atoms with Crippen LogP contribution < -0.4 is 0 Å². The molecule has 0 saturated heterocycles. The van der Waals surface area contributed by atoms with Gasteiger partial charge in [0, 0.05) is 0 Å². The largest absolute Gasteiger partial charge is 0.223 e. The molecule has 1 rings (SSSR count). The van der Waals surface area contributed by atoms with Gasteiger partial charge in [0.25, 0.3) is 0 Å². The molecular weight excluding hydrogens is 276 g/mol. The first-order chi connectivity index (χ1) is 6.77. The van der Waals surface area contributed by atoms with Crippen molar-refractivity contribution in [2.45, 2.75) is 31.1 Å². The maximum atomic E-state index is 11.5. The summed E-state index contributed by atoms with van der Waals surface area (Å²) in [7, 11) is -3.14. The second kappa shape index (κ2) is 4.26. The number of halogens is 1. The van der Waals surface area contributed by atoms with Crippen LogP contribution in [0.3, 0.4) is 0 Å². The van der Waals surface area contributed by atoms with Gasteiger partial charge in [-0.05, 0) is 23.1 Å². The molecule has 0 spiro atoms. The molecule has 0 aliphatic heterocycles. The van der Waals surface area contributed by atoms with Crippen LogP contribution >= 0.6 is 15.9 Å². The van der Waals surface area contributed by atoms with Gasteiger partial charge in [-0.2, -0.15) is 0 Å². The van der Waals surface area contributed by atoms with Crippen molar-refractivity contribution in [1.82, 2.24) is 0 Å². The van der Waals surface area contributed by atoms with Gasteiger partial charge in [0.1, 0.15) is 4.66 Å². The minimum absolute atomic E-state index is 0.0329. The van der Waals surface area contributed by atoms with Crippen molar-refractivity contribution >= 4 is 25.8 Å². The Kier molecular flexibility index (Phi) is 3.61. The van der Waals surface area contributed by atoms with Gasteiger partial charge in [0.2, 0.25) is 0 Å². The van der Waals surface area contributed by atoms with E-state index in [1.807, 2.05) is 12.1 Å². The van der Waals surface area contributed by atoms with Crippen LogP contribution in [0.1, 0.15) is 26.3 Å². The van der Waals surface area contributed by atoms with Crippen molar-refractivity contribution in [3.63, 3.8) is 0 Å². The molecule has 0 N–H and O–H groups in total. The maximum absolute atomic E-state index is 11.5. The molecule has 1 aromatic rings. The van der Waals surface area contributed by atoms with E-state index in [9.17, 15) is 8.42 Å². The lowest BCUT2D eigenvalue weighted by molar-refractivity contribution is 0.587. The molecule has 84 valence electrons. The van der Waals surface area contributed by atoms with E-state index >= 15 is 0 Å². The van der Waals surface area contributed by atoms with Crippen molar-refractivity contribution in [1.29, 1.82) is 0 Å². The lowest BCUT2D eigenvalue weighted by Crippen LogP contribution is -2.11. The molecule has 2 nitrogen and oxygen atoms in total. The number of benzene rings is 1. The highest BCUT2D eigenvalue weighted by Gasteiger charge is 2.16. The van der Waals surface area contributed by atoms with Crippen molar-refractivity contribution in [2.75, 3.05) is 4.66 Å². The molecule has 4 heteroatoms. The summed E-state index contributed by atoms with van der Waals surface area (Å²) in [5, 5.41) is 0. The van der Waals surface area contributed by atoms with Gasteiger partial charge < -0.3 is 0 Å². The van der Waals surface area contributed by atoms with Crippen LogP contribution in [0.25, 0.3) is 0 Å². The number of alkyl halides is 1. The zero-order valence-electron chi connectivity index (χ0n) is 9.12.